The van der Waals surface area contributed by atoms with Gasteiger partial charge in [-0.1, -0.05) is 49.0 Å². The molecular weight excluding hydrogens is 344 g/mol. The van der Waals surface area contributed by atoms with E-state index >= 15 is 0 Å². The first-order valence-electron chi connectivity index (χ1n) is 8.51. The molecule has 2 aliphatic rings. The molecule has 0 amide bonds. The Balaban J connectivity index is 1.69. The van der Waals surface area contributed by atoms with E-state index < -0.39 is 8.07 Å². The summed E-state index contributed by atoms with van der Waals surface area (Å²) in [7, 11) is -1.63. The van der Waals surface area contributed by atoms with E-state index in [1.54, 1.807) is 20.9 Å². The van der Waals surface area contributed by atoms with Gasteiger partial charge in [-0.3, -0.25) is 0 Å². The summed E-state index contributed by atoms with van der Waals surface area (Å²) in [6, 6.07) is 13.7. The molecular formula is C21H20S2Si. The molecule has 0 nitrogen and oxygen atoms in total. The lowest BCUT2D eigenvalue weighted by Crippen LogP contribution is -2.41. The normalized spacial score (nSPS) is 19.1. The Labute approximate surface area is 152 Å². The molecule has 0 saturated carbocycles. The summed E-state index contributed by atoms with van der Waals surface area (Å²) in [6.45, 7) is 7.57. The molecule has 3 aromatic rings. The van der Waals surface area contributed by atoms with Crippen molar-refractivity contribution in [3.63, 3.8) is 0 Å². The Morgan fingerprint density at radius 1 is 0.833 bits per heavy atom. The van der Waals surface area contributed by atoms with Gasteiger partial charge in [0.25, 0.3) is 0 Å². The molecule has 0 saturated heterocycles. The fourth-order valence-electron chi connectivity index (χ4n) is 4.96. The third kappa shape index (κ3) is 1.83. The highest BCUT2D eigenvalue weighted by Gasteiger charge is 2.49. The average Bonchev–Trinajstić information content (AvgIpc) is 3.25. The first kappa shape index (κ1) is 14.9. The number of benzene rings is 1. The van der Waals surface area contributed by atoms with E-state index in [2.05, 4.69) is 73.3 Å². The lowest BCUT2D eigenvalue weighted by atomic mass is 10.1. The molecule has 0 N–H and O–H groups in total. The van der Waals surface area contributed by atoms with Crippen molar-refractivity contribution in [3.05, 3.63) is 73.6 Å². The molecule has 0 spiro atoms. The molecule has 5 rings (SSSR count). The predicted molar refractivity (Wildman–Crippen MR) is 110 cm³/mol. The van der Waals surface area contributed by atoms with E-state index in [0.29, 0.717) is 11.1 Å². The van der Waals surface area contributed by atoms with Gasteiger partial charge >= 0.3 is 0 Å². The van der Waals surface area contributed by atoms with Crippen LogP contribution in [0, 0.1) is 0 Å². The van der Waals surface area contributed by atoms with Gasteiger partial charge in [-0.2, -0.15) is 0 Å². The number of hydrogen-bond acceptors (Lipinski definition) is 2. The maximum absolute atomic E-state index is 2.61. The van der Waals surface area contributed by atoms with Gasteiger partial charge in [0.05, 0.1) is 8.07 Å². The molecule has 24 heavy (non-hydrogen) atoms. The van der Waals surface area contributed by atoms with Crippen LogP contribution in [0.5, 0.6) is 0 Å². The maximum Gasteiger partial charge on any atom is 0.0747 e. The van der Waals surface area contributed by atoms with E-state index in [-0.39, 0.29) is 0 Å². The molecule has 120 valence electrons. The third-order valence-electron chi connectivity index (χ3n) is 5.84. The lowest BCUT2D eigenvalue weighted by molar-refractivity contribution is 1.01. The van der Waals surface area contributed by atoms with Gasteiger partial charge in [0.15, 0.2) is 0 Å². The standard InChI is InChI=1S/C21H20S2Si/c1-13-12-14-6-4-5-7-15(14)20(13)24(2,3)21-18-16(8-10-22-18)17-9-11-23-19(17)21/h4-12,20-21H,1-3H3. The van der Waals surface area contributed by atoms with E-state index in [1.807, 2.05) is 22.7 Å². The quantitative estimate of drug-likeness (QED) is 0.433. The average molecular weight is 365 g/mol. The van der Waals surface area contributed by atoms with Crippen molar-refractivity contribution in [3.8, 4) is 11.1 Å². The summed E-state index contributed by atoms with van der Waals surface area (Å²) in [4.78, 5) is 3.26. The highest BCUT2D eigenvalue weighted by atomic mass is 32.1. The zero-order chi connectivity index (χ0) is 16.5. The smallest absolute Gasteiger partial charge is 0.0747 e. The Morgan fingerprint density at radius 3 is 2.12 bits per heavy atom. The molecule has 2 heterocycles. The highest BCUT2D eigenvalue weighted by molar-refractivity contribution is 7.14. The van der Waals surface area contributed by atoms with E-state index in [1.165, 1.54) is 16.7 Å². The molecule has 1 atom stereocenters. The van der Waals surface area contributed by atoms with Crippen LogP contribution in [0.1, 0.15) is 38.9 Å². The number of hydrogen-bond donors (Lipinski definition) is 0. The Morgan fingerprint density at radius 2 is 1.46 bits per heavy atom. The lowest BCUT2D eigenvalue weighted by Gasteiger charge is -2.37. The van der Waals surface area contributed by atoms with Gasteiger partial charge in [0.2, 0.25) is 0 Å². The third-order valence-corrected chi connectivity index (χ3v) is 12.5. The number of rotatable bonds is 2. The zero-order valence-electron chi connectivity index (χ0n) is 14.2. The van der Waals surface area contributed by atoms with Crippen LogP contribution in [-0.2, 0) is 0 Å². The molecule has 2 aromatic heterocycles. The minimum atomic E-state index is -1.63. The van der Waals surface area contributed by atoms with Crippen molar-refractivity contribution in [2.45, 2.75) is 31.1 Å². The van der Waals surface area contributed by atoms with Crippen LogP contribution in [0.15, 0.2) is 52.7 Å². The SMILES string of the molecule is CC1=Cc2ccccc2C1[Si](C)(C)C1c2sccc2-c2ccsc21. The first-order chi connectivity index (χ1) is 11.6. The maximum atomic E-state index is 2.61. The van der Waals surface area contributed by atoms with Gasteiger partial charge in [0.1, 0.15) is 0 Å². The van der Waals surface area contributed by atoms with Gasteiger partial charge in [-0.15, -0.1) is 22.7 Å². The Hall–Kier alpha value is -1.42. The minimum absolute atomic E-state index is 0.627. The van der Waals surface area contributed by atoms with Crippen molar-refractivity contribution in [2.24, 2.45) is 0 Å². The van der Waals surface area contributed by atoms with E-state index in [9.17, 15) is 0 Å². The summed E-state index contributed by atoms with van der Waals surface area (Å²) >= 11 is 3.94. The van der Waals surface area contributed by atoms with E-state index in [4.69, 9.17) is 0 Å². The largest absolute Gasteiger partial charge is 0.148 e. The summed E-state index contributed by atoms with van der Waals surface area (Å²) in [5, 5.41) is 4.57. The molecule has 1 aromatic carbocycles. The van der Waals surface area contributed by atoms with E-state index in [0.717, 1.165) is 0 Å². The van der Waals surface area contributed by atoms with Crippen LogP contribution < -0.4 is 0 Å². The molecule has 1 unspecified atom stereocenters. The molecule has 0 aliphatic heterocycles. The molecule has 0 fully saturated rings. The fourth-order valence-corrected chi connectivity index (χ4v) is 13.4. The monoisotopic (exact) mass is 364 g/mol. The summed E-state index contributed by atoms with van der Waals surface area (Å²) in [5.74, 6) is 0. The van der Waals surface area contributed by atoms with Gasteiger partial charge in [-0.05, 0) is 52.1 Å². The second kappa shape index (κ2) is 5.04. The Bertz CT molecular complexity index is 933. The van der Waals surface area contributed by atoms with Gasteiger partial charge < -0.3 is 0 Å². The molecule has 0 radical (unpaired) electrons. The topological polar surface area (TPSA) is 0 Å². The summed E-state index contributed by atoms with van der Waals surface area (Å²) in [5.41, 5.74) is 8.86. The molecule has 3 heteroatoms. The number of thiophene rings is 2. The molecule has 0 bridgehead atoms. The highest BCUT2D eigenvalue weighted by Crippen LogP contribution is 2.58. The van der Waals surface area contributed by atoms with Gasteiger partial charge in [-0.25, -0.2) is 0 Å². The number of fused-ring (bicyclic) bond motifs is 4. The zero-order valence-corrected chi connectivity index (χ0v) is 16.8. The Kier molecular flexibility index (Phi) is 3.12. The summed E-state index contributed by atoms with van der Waals surface area (Å²) < 4.78 is 0. The number of allylic oxidation sites excluding steroid dienone is 1. The van der Waals surface area contributed by atoms with Crippen LogP contribution in [0.25, 0.3) is 17.2 Å². The van der Waals surface area contributed by atoms with Crippen molar-refractivity contribution in [1.29, 1.82) is 0 Å². The predicted octanol–water partition coefficient (Wildman–Crippen LogP) is 6.91. The van der Waals surface area contributed by atoms with Crippen LogP contribution in [0.3, 0.4) is 0 Å². The van der Waals surface area contributed by atoms with Crippen molar-refractivity contribution < 1.29 is 0 Å². The fraction of sp³-hybridized carbons (Fsp3) is 0.238. The van der Waals surface area contributed by atoms with Crippen LogP contribution in [0.2, 0.25) is 13.1 Å². The second-order valence-corrected chi connectivity index (χ2v) is 14.3. The van der Waals surface area contributed by atoms with Crippen molar-refractivity contribution in [2.75, 3.05) is 0 Å². The van der Waals surface area contributed by atoms with Gasteiger partial charge in [0, 0.05) is 20.8 Å². The minimum Gasteiger partial charge on any atom is -0.148 e. The van der Waals surface area contributed by atoms with Crippen molar-refractivity contribution >= 4 is 36.8 Å². The summed E-state index contributed by atoms with van der Waals surface area (Å²) in [6.07, 6.45) is 2.42. The second-order valence-electron chi connectivity index (χ2n) is 7.60. The first-order valence-corrected chi connectivity index (χ1v) is 13.4. The van der Waals surface area contributed by atoms with Crippen LogP contribution in [0.4, 0.5) is 0 Å². The van der Waals surface area contributed by atoms with Crippen molar-refractivity contribution in [1.82, 2.24) is 0 Å². The van der Waals surface area contributed by atoms with Crippen LogP contribution >= 0.6 is 22.7 Å². The van der Waals surface area contributed by atoms with Crippen LogP contribution in [-0.4, -0.2) is 8.07 Å². The molecule has 2 aliphatic carbocycles.